The van der Waals surface area contributed by atoms with Gasteiger partial charge in [0.2, 0.25) is 5.88 Å². The molecule has 1 aliphatic rings. The summed E-state index contributed by atoms with van der Waals surface area (Å²) in [4.78, 5) is 14.2. The Kier molecular flexibility index (Phi) is 10.3. The van der Waals surface area contributed by atoms with Crippen LogP contribution in [-0.4, -0.2) is 76.6 Å². The Morgan fingerprint density at radius 2 is 1.77 bits per heavy atom. The highest BCUT2D eigenvalue weighted by atomic mass is 28.4. The van der Waals surface area contributed by atoms with Gasteiger partial charge in [0.25, 0.3) is 5.95 Å². The van der Waals surface area contributed by atoms with Crippen molar-refractivity contribution >= 4 is 27.8 Å². The summed E-state index contributed by atoms with van der Waals surface area (Å²) in [5.74, 6) is 0.720. The lowest BCUT2D eigenvalue weighted by Crippen LogP contribution is -2.48. The first-order valence-electron chi connectivity index (χ1n) is 15.8. The van der Waals surface area contributed by atoms with E-state index in [-0.39, 0.29) is 35.1 Å². The zero-order valence-electron chi connectivity index (χ0n) is 28.7. The van der Waals surface area contributed by atoms with Crippen molar-refractivity contribution in [2.45, 2.75) is 129 Å². The third-order valence-corrected chi connectivity index (χ3v) is 18.4. The van der Waals surface area contributed by atoms with Crippen molar-refractivity contribution in [2.75, 3.05) is 13.2 Å². The van der Waals surface area contributed by atoms with E-state index in [4.69, 9.17) is 23.3 Å². The standard InChI is InChI=1S/C31H53N7O4Si2/c1-13-15-16-22-19-38(36-35-22)29-33-27-26(28(34-29)39-17-14-2)32-21-37(27)25-18-23(42-44(11,12)31(6,7)8)24(41-25)20-40-43(9,10)30(3,4)5/h14,19,21,23-25H,2,13,15-18,20H2,1,3-12H3/t23-,24+,25+/m0/s1. The molecule has 0 bridgehead atoms. The smallest absolute Gasteiger partial charge is 0.257 e. The number of hydrogen-bond acceptors (Lipinski definition) is 9. The summed E-state index contributed by atoms with van der Waals surface area (Å²) in [7, 11) is -4.10. The Labute approximate surface area is 265 Å². The molecule has 4 heterocycles. The quantitative estimate of drug-likeness (QED) is 0.143. The topological polar surface area (TPSA) is 111 Å². The van der Waals surface area contributed by atoms with Crippen LogP contribution >= 0.6 is 0 Å². The molecule has 0 aromatic carbocycles. The van der Waals surface area contributed by atoms with E-state index in [1.165, 1.54) is 0 Å². The first-order valence-corrected chi connectivity index (χ1v) is 21.7. The monoisotopic (exact) mass is 643 g/mol. The van der Waals surface area contributed by atoms with Gasteiger partial charge in [0.05, 0.1) is 30.9 Å². The molecule has 0 spiro atoms. The second-order valence-electron chi connectivity index (χ2n) is 14.9. The van der Waals surface area contributed by atoms with Crippen LogP contribution in [-0.2, 0) is 20.0 Å². The molecule has 0 radical (unpaired) electrons. The van der Waals surface area contributed by atoms with Crippen molar-refractivity contribution in [3.8, 4) is 11.8 Å². The molecule has 1 saturated heterocycles. The van der Waals surface area contributed by atoms with Crippen LogP contribution in [0.1, 0.15) is 79.7 Å². The lowest BCUT2D eigenvalue weighted by Gasteiger charge is -2.40. The zero-order valence-corrected chi connectivity index (χ0v) is 30.7. The number of hydrogen-bond donors (Lipinski definition) is 0. The molecule has 11 nitrogen and oxygen atoms in total. The molecule has 3 atom stereocenters. The molecule has 244 valence electrons. The third-order valence-electron chi connectivity index (χ3n) is 9.41. The van der Waals surface area contributed by atoms with Gasteiger partial charge in [-0.05, 0) is 49.1 Å². The van der Waals surface area contributed by atoms with Crippen molar-refractivity contribution < 1.29 is 18.3 Å². The van der Waals surface area contributed by atoms with E-state index >= 15 is 0 Å². The lowest BCUT2D eigenvalue weighted by atomic mass is 10.2. The number of ether oxygens (including phenoxy) is 2. The second kappa shape index (κ2) is 13.1. The van der Waals surface area contributed by atoms with Gasteiger partial charge in [-0.1, -0.05) is 72.8 Å². The van der Waals surface area contributed by atoms with Crippen LogP contribution < -0.4 is 4.74 Å². The van der Waals surface area contributed by atoms with Crippen LogP contribution in [0, 0.1) is 0 Å². The van der Waals surface area contributed by atoms with E-state index < -0.39 is 16.6 Å². The van der Waals surface area contributed by atoms with Gasteiger partial charge in [-0.15, -0.1) is 5.10 Å². The molecule has 1 fully saturated rings. The molecule has 0 saturated carbocycles. The van der Waals surface area contributed by atoms with Crippen LogP contribution in [0.3, 0.4) is 0 Å². The highest BCUT2D eigenvalue weighted by Crippen LogP contribution is 2.43. The molecular formula is C31H53N7O4Si2. The Balaban J connectivity index is 1.70. The Hall–Kier alpha value is -2.46. The van der Waals surface area contributed by atoms with Crippen LogP contribution in [0.5, 0.6) is 5.88 Å². The van der Waals surface area contributed by atoms with Gasteiger partial charge >= 0.3 is 0 Å². The van der Waals surface area contributed by atoms with Crippen molar-refractivity contribution in [3.63, 3.8) is 0 Å². The molecule has 13 heteroatoms. The van der Waals surface area contributed by atoms with Gasteiger partial charge in [0.15, 0.2) is 27.8 Å². The number of imidazole rings is 1. The fourth-order valence-corrected chi connectivity index (χ4v) is 6.88. The first-order chi connectivity index (χ1) is 20.5. The minimum absolute atomic E-state index is 0.0604. The van der Waals surface area contributed by atoms with E-state index in [0.29, 0.717) is 36.0 Å². The van der Waals surface area contributed by atoms with E-state index in [1.54, 1.807) is 17.1 Å². The summed E-state index contributed by atoms with van der Waals surface area (Å²) in [5, 5.41) is 8.79. The molecule has 44 heavy (non-hydrogen) atoms. The average molecular weight is 644 g/mol. The molecule has 1 aliphatic heterocycles. The van der Waals surface area contributed by atoms with E-state index in [2.05, 4.69) is 102 Å². The van der Waals surface area contributed by atoms with Crippen molar-refractivity contribution in [1.82, 2.24) is 34.5 Å². The number of aryl methyl sites for hydroxylation is 1. The summed E-state index contributed by atoms with van der Waals surface area (Å²) in [6.45, 7) is 29.4. The van der Waals surface area contributed by atoms with Crippen LogP contribution in [0.25, 0.3) is 17.1 Å². The minimum Gasteiger partial charge on any atom is -0.472 e. The summed E-state index contributed by atoms with van der Waals surface area (Å²) < 4.78 is 30.0. The van der Waals surface area contributed by atoms with Gasteiger partial charge in [0.1, 0.15) is 18.9 Å². The molecule has 0 aliphatic carbocycles. The van der Waals surface area contributed by atoms with Crippen molar-refractivity contribution in [1.29, 1.82) is 0 Å². The minimum atomic E-state index is -2.10. The maximum atomic E-state index is 7.00. The van der Waals surface area contributed by atoms with E-state index in [0.717, 1.165) is 25.0 Å². The highest BCUT2D eigenvalue weighted by molar-refractivity contribution is 6.74. The molecule has 0 amide bonds. The molecule has 0 unspecified atom stereocenters. The predicted octanol–water partition coefficient (Wildman–Crippen LogP) is 7.01. The van der Waals surface area contributed by atoms with Crippen LogP contribution in [0.4, 0.5) is 0 Å². The number of unbranched alkanes of at least 4 members (excludes halogenated alkanes) is 1. The normalized spacial score (nSPS) is 20.0. The first kappa shape index (κ1) is 34.4. The van der Waals surface area contributed by atoms with Crippen molar-refractivity contribution in [3.05, 3.63) is 30.9 Å². The predicted molar refractivity (Wildman–Crippen MR) is 178 cm³/mol. The fraction of sp³-hybridized carbons (Fsp3) is 0.710. The largest absolute Gasteiger partial charge is 0.472 e. The zero-order chi connectivity index (χ0) is 32.5. The Bertz CT molecular complexity index is 1420. The lowest BCUT2D eigenvalue weighted by molar-refractivity contribution is -0.0383. The maximum absolute atomic E-state index is 7.00. The summed E-state index contributed by atoms with van der Waals surface area (Å²) >= 11 is 0. The molecular weight excluding hydrogens is 591 g/mol. The molecule has 4 rings (SSSR count). The van der Waals surface area contributed by atoms with E-state index in [9.17, 15) is 0 Å². The van der Waals surface area contributed by atoms with Gasteiger partial charge in [0, 0.05) is 6.42 Å². The third kappa shape index (κ3) is 7.49. The maximum Gasteiger partial charge on any atom is 0.257 e. The molecule has 0 N–H and O–H groups in total. The number of fused-ring (bicyclic) bond motifs is 1. The molecule has 3 aromatic rings. The average Bonchev–Trinajstić information content (AvgIpc) is 3.66. The number of aromatic nitrogens is 7. The summed E-state index contributed by atoms with van der Waals surface area (Å²) in [6.07, 6.45) is 8.21. The van der Waals surface area contributed by atoms with Crippen molar-refractivity contribution in [2.24, 2.45) is 0 Å². The van der Waals surface area contributed by atoms with E-state index in [1.807, 2.05) is 10.8 Å². The van der Waals surface area contributed by atoms with Gasteiger partial charge in [-0.3, -0.25) is 4.57 Å². The highest BCUT2D eigenvalue weighted by Gasteiger charge is 2.47. The van der Waals surface area contributed by atoms with Crippen LogP contribution in [0.2, 0.25) is 36.3 Å². The second-order valence-corrected chi connectivity index (χ2v) is 24.4. The molecule has 3 aromatic heterocycles. The van der Waals surface area contributed by atoms with Gasteiger partial charge < -0.3 is 18.3 Å². The SMILES string of the molecule is C=CCOc1nc(-n2cc(CCCC)nn2)nc2c1ncn2[C@H]1C[C@H](O[Si](C)(C)C(C)(C)C)[C@@H](CO[Si](C)(C)C(C)(C)C)O1. The number of rotatable bonds is 13. The summed E-state index contributed by atoms with van der Waals surface area (Å²) in [6, 6.07) is 0. The van der Waals surface area contributed by atoms with Gasteiger partial charge in [-0.25, -0.2) is 4.98 Å². The Morgan fingerprint density at radius 1 is 1.07 bits per heavy atom. The summed E-state index contributed by atoms with van der Waals surface area (Å²) in [5.41, 5.74) is 2.04. The number of nitrogens with zero attached hydrogens (tertiary/aromatic N) is 7. The van der Waals surface area contributed by atoms with Crippen LogP contribution in [0.15, 0.2) is 25.2 Å². The van der Waals surface area contributed by atoms with Gasteiger partial charge in [-0.2, -0.15) is 14.6 Å². The fourth-order valence-electron chi connectivity index (χ4n) is 4.51. The Morgan fingerprint density at radius 3 is 2.41 bits per heavy atom.